The van der Waals surface area contributed by atoms with E-state index >= 15 is 0 Å². The predicted molar refractivity (Wildman–Crippen MR) is 67.9 cm³/mol. The van der Waals surface area contributed by atoms with Gasteiger partial charge < -0.3 is 15.3 Å². The Balaban J connectivity index is 4.67. The number of carboxylic acids is 1. The second-order valence-electron chi connectivity index (χ2n) is 5.76. The largest absolute Gasteiger partial charge is 0.481 e. The Morgan fingerprint density at radius 2 is 1.88 bits per heavy atom. The monoisotopic (exact) mass is 247 g/mol. The minimum absolute atomic E-state index is 0.0823. The first kappa shape index (κ1) is 15.6. The molecule has 2 atom stereocenters. The van der Waals surface area contributed by atoms with Crippen LogP contribution in [0.25, 0.3) is 0 Å². The van der Waals surface area contributed by atoms with Crippen LogP contribution in [0.2, 0.25) is 18.1 Å². The topological polar surface area (TPSA) is 72.5 Å². The van der Waals surface area contributed by atoms with E-state index in [0.29, 0.717) is 0 Å². The molecular formula is C11H25NO3Si. The lowest BCUT2D eigenvalue weighted by Gasteiger charge is -2.39. The van der Waals surface area contributed by atoms with Crippen LogP contribution in [0, 0.1) is 5.92 Å². The number of aliphatic carboxylic acids is 1. The number of rotatable bonds is 5. The first-order valence-corrected chi connectivity index (χ1v) is 8.54. The van der Waals surface area contributed by atoms with Crippen molar-refractivity contribution >= 4 is 14.3 Å². The normalized spacial score (nSPS) is 16.9. The average Bonchev–Trinajstić information content (AvgIpc) is 2.00. The van der Waals surface area contributed by atoms with Gasteiger partial charge >= 0.3 is 5.97 Å². The van der Waals surface area contributed by atoms with Crippen LogP contribution in [0.1, 0.15) is 27.7 Å². The van der Waals surface area contributed by atoms with Crippen molar-refractivity contribution in [3.05, 3.63) is 0 Å². The minimum Gasteiger partial charge on any atom is -0.481 e. The van der Waals surface area contributed by atoms with Gasteiger partial charge in [-0.15, -0.1) is 0 Å². The third-order valence-electron chi connectivity index (χ3n) is 3.42. The quantitative estimate of drug-likeness (QED) is 0.729. The number of hydrogen-bond donors (Lipinski definition) is 2. The van der Waals surface area contributed by atoms with Crippen LogP contribution >= 0.6 is 0 Å². The molecule has 0 bridgehead atoms. The molecule has 0 aromatic carbocycles. The summed E-state index contributed by atoms with van der Waals surface area (Å²) >= 11 is 0. The molecule has 0 aliphatic carbocycles. The maximum Gasteiger partial charge on any atom is 0.310 e. The molecule has 4 nitrogen and oxygen atoms in total. The lowest BCUT2D eigenvalue weighted by atomic mass is 10.1. The minimum atomic E-state index is -1.91. The Labute approximate surface area is 99.3 Å². The average molecular weight is 247 g/mol. The molecule has 0 unspecified atom stereocenters. The van der Waals surface area contributed by atoms with Crippen LogP contribution in [0.15, 0.2) is 0 Å². The van der Waals surface area contributed by atoms with E-state index in [4.69, 9.17) is 15.3 Å². The van der Waals surface area contributed by atoms with Crippen LogP contribution in [0.3, 0.4) is 0 Å². The highest BCUT2D eigenvalue weighted by atomic mass is 28.4. The number of carbonyl (C=O) groups is 1. The molecule has 3 N–H and O–H groups in total. The summed E-state index contributed by atoms with van der Waals surface area (Å²) in [6, 6.07) is 0. The summed E-state index contributed by atoms with van der Waals surface area (Å²) in [5, 5.41) is 9.08. The zero-order chi connectivity index (χ0) is 13.1. The van der Waals surface area contributed by atoms with Gasteiger partial charge in [-0.05, 0) is 25.1 Å². The van der Waals surface area contributed by atoms with Gasteiger partial charge in [-0.1, -0.05) is 20.8 Å². The second kappa shape index (κ2) is 5.29. The van der Waals surface area contributed by atoms with Gasteiger partial charge in [0.05, 0.1) is 12.0 Å². The Morgan fingerprint density at radius 1 is 1.44 bits per heavy atom. The molecule has 0 aliphatic rings. The van der Waals surface area contributed by atoms with E-state index < -0.39 is 20.2 Å². The first-order chi connectivity index (χ1) is 7.03. The zero-order valence-corrected chi connectivity index (χ0v) is 12.2. The van der Waals surface area contributed by atoms with Crippen LogP contribution in [0.4, 0.5) is 0 Å². The van der Waals surface area contributed by atoms with E-state index in [1.807, 2.05) is 0 Å². The van der Waals surface area contributed by atoms with Crippen molar-refractivity contribution in [2.75, 3.05) is 6.54 Å². The highest BCUT2D eigenvalue weighted by Gasteiger charge is 2.40. The third-order valence-corrected chi connectivity index (χ3v) is 8.00. The van der Waals surface area contributed by atoms with Gasteiger partial charge in [-0.25, -0.2) is 0 Å². The Bertz CT molecular complexity index is 248. The van der Waals surface area contributed by atoms with Crippen molar-refractivity contribution in [1.29, 1.82) is 0 Å². The summed E-state index contributed by atoms with van der Waals surface area (Å²) in [6.07, 6.45) is -0.330. The van der Waals surface area contributed by atoms with Crippen LogP contribution < -0.4 is 5.73 Å². The fourth-order valence-electron chi connectivity index (χ4n) is 1.22. The molecule has 0 rings (SSSR count). The fourth-order valence-corrected chi connectivity index (χ4v) is 2.66. The first-order valence-electron chi connectivity index (χ1n) is 5.63. The van der Waals surface area contributed by atoms with E-state index in [1.165, 1.54) is 0 Å². The fraction of sp³-hybridized carbons (Fsp3) is 0.909. The predicted octanol–water partition coefficient (Wildman–Crippen LogP) is 2.06. The van der Waals surface area contributed by atoms with Gasteiger partial charge in [0.2, 0.25) is 0 Å². The molecule has 0 aromatic rings. The van der Waals surface area contributed by atoms with E-state index in [9.17, 15) is 4.79 Å². The van der Waals surface area contributed by atoms with E-state index in [1.54, 1.807) is 6.92 Å². The van der Waals surface area contributed by atoms with Crippen LogP contribution in [0.5, 0.6) is 0 Å². The summed E-state index contributed by atoms with van der Waals surface area (Å²) in [6.45, 7) is 12.5. The Kier molecular flexibility index (Phi) is 5.16. The molecule has 0 fully saturated rings. The smallest absolute Gasteiger partial charge is 0.310 e. The zero-order valence-electron chi connectivity index (χ0n) is 11.2. The molecule has 96 valence electrons. The highest BCUT2D eigenvalue weighted by Crippen LogP contribution is 2.37. The van der Waals surface area contributed by atoms with Crippen molar-refractivity contribution in [1.82, 2.24) is 0 Å². The van der Waals surface area contributed by atoms with Crippen molar-refractivity contribution in [2.24, 2.45) is 11.7 Å². The summed E-state index contributed by atoms with van der Waals surface area (Å²) < 4.78 is 5.99. The molecule has 0 heterocycles. The summed E-state index contributed by atoms with van der Waals surface area (Å²) in [7, 11) is -1.91. The lowest BCUT2D eigenvalue weighted by Crippen LogP contribution is -2.47. The van der Waals surface area contributed by atoms with Crippen LogP contribution in [-0.2, 0) is 9.22 Å². The number of carboxylic acid groups (broad SMARTS) is 1. The van der Waals surface area contributed by atoms with E-state index in [0.717, 1.165) is 0 Å². The summed E-state index contributed by atoms with van der Waals surface area (Å²) in [5.74, 6) is -1.50. The molecule has 0 aliphatic heterocycles. The van der Waals surface area contributed by atoms with Crippen molar-refractivity contribution in [3.8, 4) is 0 Å². The van der Waals surface area contributed by atoms with Gasteiger partial charge in [-0.3, -0.25) is 4.79 Å². The second-order valence-corrected chi connectivity index (χ2v) is 10.5. The number of hydrogen-bond acceptors (Lipinski definition) is 3. The third kappa shape index (κ3) is 3.88. The Morgan fingerprint density at radius 3 is 2.12 bits per heavy atom. The molecule has 0 spiro atoms. The van der Waals surface area contributed by atoms with Gasteiger partial charge in [0.1, 0.15) is 0 Å². The van der Waals surface area contributed by atoms with Gasteiger partial charge in [-0.2, -0.15) is 0 Å². The van der Waals surface area contributed by atoms with E-state index in [2.05, 4.69) is 33.9 Å². The summed E-state index contributed by atoms with van der Waals surface area (Å²) in [4.78, 5) is 11.0. The number of nitrogens with two attached hydrogens (primary N) is 1. The SMILES string of the molecule is C[C@@H](O[Si](C)(C)C(C)(C)C)[C@H](CN)C(=O)O. The molecular weight excluding hydrogens is 222 g/mol. The van der Waals surface area contributed by atoms with Gasteiger partial charge in [0, 0.05) is 6.54 Å². The highest BCUT2D eigenvalue weighted by molar-refractivity contribution is 6.74. The van der Waals surface area contributed by atoms with E-state index in [-0.39, 0.29) is 17.7 Å². The van der Waals surface area contributed by atoms with Crippen LogP contribution in [-0.4, -0.2) is 32.0 Å². The standard InChI is InChI=1S/C11H25NO3Si/c1-8(9(7-12)10(13)14)15-16(5,6)11(2,3)4/h8-9H,7,12H2,1-6H3,(H,13,14)/t8-,9+/m1/s1. The van der Waals surface area contributed by atoms with Crippen molar-refractivity contribution < 1.29 is 14.3 Å². The molecule has 0 aromatic heterocycles. The molecule has 0 saturated carbocycles. The van der Waals surface area contributed by atoms with Gasteiger partial charge in [0.15, 0.2) is 8.32 Å². The lowest BCUT2D eigenvalue weighted by molar-refractivity contribution is -0.144. The molecule has 16 heavy (non-hydrogen) atoms. The molecule has 0 radical (unpaired) electrons. The van der Waals surface area contributed by atoms with Crippen molar-refractivity contribution in [2.45, 2.75) is 51.9 Å². The van der Waals surface area contributed by atoms with Crippen molar-refractivity contribution in [3.63, 3.8) is 0 Å². The molecule has 5 heteroatoms. The maximum atomic E-state index is 11.0. The maximum absolute atomic E-state index is 11.0. The van der Waals surface area contributed by atoms with Gasteiger partial charge in [0.25, 0.3) is 0 Å². The molecule has 0 saturated heterocycles. The summed E-state index contributed by atoms with van der Waals surface area (Å²) in [5.41, 5.74) is 5.46. The molecule has 0 amide bonds. The Hall–Kier alpha value is -0.393.